The lowest BCUT2D eigenvalue weighted by atomic mass is 10.2. The highest BCUT2D eigenvalue weighted by Crippen LogP contribution is 2.34. The zero-order valence-corrected chi connectivity index (χ0v) is 12.9. The van der Waals surface area contributed by atoms with Crippen LogP contribution < -0.4 is 5.56 Å². The first-order chi connectivity index (χ1) is 11.2. The number of hydrogen-bond acceptors (Lipinski definition) is 4. The van der Waals surface area contributed by atoms with E-state index in [0.717, 1.165) is 10.4 Å². The van der Waals surface area contributed by atoms with E-state index >= 15 is 0 Å². The van der Waals surface area contributed by atoms with E-state index in [9.17, 15) is 9.90 Å². The lowest BCUT2D eigenvalue weighted by Gasteiger charge is -2.03. The Morgan fingerprint density at radius 2 is 2.00 bits per heavy atom. The van der Waals surface area contributed by atoms with Crippen LogP contribution in [0.3, 0.4) is 0 Å². The number of nitrogens with zero attached hydrogens (tertiary/aromatic N) is 2. The number of H-pyrrole nitrogens is 1. The molecule has 1 aromatic carbocycles. The second kappa shape index (κ2) is 5.40. The molecule has 4 rings (SSSR count). The van der Waals surface area contributed by atoms with Gasteiger partial charge in [0, 0.05) is 6.07 Å². The average molecular weight is 323 g/mol. The van der Waals surface area contributed by atoms with E-state index in [0.29, 0.717) is 23.3 Å². The fourth-order valence-corrected chi connectivity index (χ4v) is 3.35. The molecule has 3 heterocycles. The van der Waals surface area contributed by atoms with E-state index in [1.165, 1.54) is 6.07 Å². The van der Waals surface area contributed by atoms with Crippen molar-refractivity contribution in [2.45, 2.75) is 6.54 Å². The SMILES string of the molecule is O=c1cc(O)c2c(-c3cccs3)nn(Cc3ccccc3)c2[nH]1. The highest BCUT2D eigenvalue weighted by atomic mass is 32.1. The van der Waals surface area contributed by atoms with Crippen LogP contribution in [-0.4, -0.2) is 19.9 Å². The standard InChI is InChI=1S/C17H13N3O2S/c21-12-9-14(22)18-17-15(12)16(13-7-4-8-23-13)19-20(17)10-11-5-2-1-3-6-11/h1-9H,10H2,(H2,18,21,22). The fraction of sp³-hybridized carbons (Fsp3) is 0.0588. The van der Waals surface area contributed by atoms with Crippen LogP contribution in [0.1, 0.15) is 5.56 Å². The first-order valence-electron chi connectivity index (χ1n) is 7.13. The molecule has 0 aliphatic rings. The molecule has 6 heteroatoms. The van der Waals surface area contributed by atoms with Gasteiger partial charge in [-0.05, 0) is 17.0 Å². The molecule has 0 spiro atoms. The minimum atomic E-state index is -0.345. The fourth-order valence-electron chi connectivity index (χ4n) is 2.64. The Morgan fingerprint density at radius 3 is 2.74 bits per heavy atom. The Hall–Kier alpha value is -2.86. The lowest BCUT2D eigenvalue weighted by Crippen LogP contribution is -2.08. The number of nitrogens with one attached hydrogen (secondary N) is 1. The Kier molecular flexibility index (Phi) is 3.24. The molecule has 0 saturated carbocycles. The molecule has 23 heavy (non-hydrogen) atoms. The summed E-state index contributed by atoms with van der Waals surface area (Å²) in [5, 5.41) is 17.4. The zero-order valence-electron chi connectivity index (χ0n) is 12.1. The van der Waals surface area contributed by atoms with Gasteiger partial charge in [0.2, 0.25) is 0 Å². The van der Waals surface area contributed by atoms with Crippen molar-refractivity contribution >= 4 is 22.4 Å². The summed E-state index contributed by atoms with van der Waals surface area (Å²) < 4.78 is 1.72. The van der Waals surface area contributed by atoms with Gasteiger partial charge in [0.15, 0.2) is 0 Å². The molecular weight excluding hydrogens is 310 g/mol. The lowest BCUT2D eigenvalue weighted by molar-refractivity contribution is 0.480. The Bertz CT molecular complexity index is 1020. The molecule has 0 aliphatic heterocycles. The van der Waals surface area contributed by atoms with Crippen molar-refractivity contribution in [3.8, 4) is 16.3 Å². The molecular formula is C17H13N3O2S. The van der Waals surface area contributed by atoms with Crippen LogP contribution in [0.15, 0.2) is 58.7 Å². The van der Waals surface area contributed by atoms with Gasteiger partial charge in [-0.2, -0.15) is 5.10 Å². The predicted octanol–water partition coefficient (Wildman–Crippen LogP) is 3.21. The van der Waals surface area contributed by atoms with Gasteiger partial charge in [-0.15, -0.1) is 11.3 Å². The largest absolute Gasteiger partial charge is 0.507 e. The van der Waals surface area contributed by atoms with Crippen LogP contribution in [0, 0.1) is 0 Å². The van der Waals surface area contributed by atoms with Crippen molar-refractivity contribution < 1.29 is 5.11 Å². The molecule has 0 fully saturated rings. The number of rotatable bonds is 3. The molecule has 0 radical (unpaired) electrons. The van der Waals surface area contributed by atoms with Crippen molar-refractivity contribution in [3.63, 3.8) is 0 Å². The number of thiophene rings is 1. The maximum Gasteiger partial charge on any atom is 0.253 e. The minimum Gasteiger partial charge on any atom is -0.507 e. The van der Waals surface area contributed by atoms with Crippen LogP contribution in [-0.2, 0) is 6.54 Å². The van der Waals surface area contributed by atoms with E-state index in [4.69, 9.17) is 0 Å². The van der Waals surface area contributed by atoms with Gasteiger partial charge in [0.05, 0.1) is 16.8 Å². The third-order valence-corrected chi connectivity index (χ3v) is 4.52. The third-order valence-electron chi connectivity index (χ3n) is 3.65. The van der Waals surface area contributed by atoms with E-state index in [-0.39, 0.29) is 11.3 Å². The number of aromatic hydroxyl groups is 1. The quantitative estimate of drug-likeness (QED) is 0.608. The van der Waals surface area contributed by atoms with Gasteiger partial charge in [0.1, 0.15) is 17.1 Å². The molecule has 2 N–H and O–H groups in total. The molecule has 0 saturated heterocycles. The molecule has 0 aliphatic carbocycles. The Balaban J connectivity index is 1.96. The molecule has 0 bridgehead atoms. The van der Waals surface area contributed by atoms with E-state index in [1.54, 1.807) is 16.0 Å². The maximum absolute atomic E-state index is 11.8. The first-order valence-corrected chi connectivity index (χ1v) is 8.01. The number of benzene rings is 1. The normalized spacial score (nSPS) is 11.1. The van der Waals surface area contributed by atoms with Gasteiger partial charge in [-0.3, -0.25) is 4.79 Å². The summed E-state index contributed by atoms with van der Waals surface area (Å²) in [4.78, 5) is 15.5. The summed E-state index contributed by atoms with van der Waals surface area (Å²) in [6.45, 7) is 0.516. The smallest absolute Gasteiger partial charge is 0.253 e. The van der Waals surface area contributed by atoms with Crippen molar-refractivity contribution in [3.05, 3.63) is 69.8 Å². The summed E-state index contributed by atoms with van der Waals surface area (Å²) in [5.74, 6) is -0.0496. The number of hydrogen-bond donors (Lipinski definition) is 2. The van der Waals surface area contributed by atoms with Gasteiger partial charge in [0.25, 0.3) is 5.56 Å². The molecule has 3 aromatic heterocycles. The second-order valence-electron chi connectivity index (χ2n) is 5.21. The van der Waals surface area contributed by atoms with Crippen LogP contribution in [0.5, 0.6) is 5.75 Å². The summed E-state index contributed by atoms with van der Waals surface area (Å²) in [7, 11) is 0. The number of pyridine rings is 1. The monoisotopic (exact) mass is 323 g/mol. The van der Waals surface area contributed by atoms with Gasteiger partial charge in [-0.25, -0.2) is 4.68 Å². The summed E-state index contributed by atoms with van der Waals surface area (Å²) in [6, 6.07) is 14.9. The second-order valence-corrected chi connectivity index (χ2v) is 6.16. The Morgan fingerprint density at radius 1 is 1.17 bits per heavy atom. The van der Waals surface area contributed by atoms with Gasteiger partial charge >= 0.3 is 0 Å². The summed E-state index contributed by atoms with van der Waals surface area (Å²) in [5.41, 5.74) is 1.93. The van der Waals surface area contributed by atoms with Crippen molar-refractivity contribution in [2.24, 2.45) is 0 Å². The highest BCUT2D eigenvalue weighted by molar-refractivity contribution is 7.13. The first kappa shape index (κ1) is 13.8. The van der Waals surface area contributed by atoms with Crippen molar-refractivity contribution in [1.29, 1.82) is 0 Å². The molecule has 5 nitrogen and oxygen atoms in total. The minimum absolute atomic E-state index is 0.0496. The predicted molar refractivity (Wildman–Crippen MR) is 90.9 cm³/mol. The van der Waals surface area contributed by atoms with Crippen LogP contribution >= 0.6 is 11.3 Å². The van der Waals surface area contributed by atoms with E-state index in [2.05, 4.69) is 10.1 Å². The van der Waals surface area contributed by atoms with Crippen molar-refractivity contribution in [1.82, 2.24) is 14.8 Å². The van der Waals surface area contributed by atoms with Crippen molar-refractivity contribution in [2.75, 3.05) is 0 Å². The zero-order chi connectivity index (χ0) is 15.8. The molecule has 0 amide bonds. The molecule has 0 unspecified atom stereocenters. The van der Waals surface area contributed by atoms with Crippen LogP contribution in [0.4, 0.5) is 0 Å². The number of fused-ring (bicyclic) bond motifs is 1. The van der Waals surface area contributed by atoms with Crippen LogP contribution in [0.25, 0.3) is 21.6 Å². The highest BCUT2D eigenvalue weighted by Gasteiger charge is 2.18. The summed E-state index contributed by atoms with van der Waals surface area (Å²) in [6.07, 6.45) is 0. The average Bonchev–Trinajstić information content (AvgIpc) is 3.17. The van der Waals surface area contributed by atoms with Gasteiger partial charge in [-0.1, -0.05) is 36.4 Å². The van der Waals surface area contributed by atoms with E-state index < -0.39 is 0 Å². The number of aromatic nitrogens is 3. The maximum atomic E-state index is 11.8. The molecule has 4 aromatic rings. The Labute approximate surface area is 135 Å². The third kappa shape index (κ3) is 2.43. The molecule has 114 valence electrons. The van der Waals surface area contributed by atoms with Gasteiger partial charge < -0.3 is 10.1 Å². The topological polar surface area (TPSA) is 70.9 Å². The summed E-state index contributed by atoms with van der Waals surface area (Å²) >= 11 is 1.54. The van der Waals surface area contributed by atoms with E-state index in [1.807, 2.05) is 47.8 Å². The van der Waals surface area contributed by atoms with Crippen LogP contribution in [0.2, 0.25) is 0 Å². The number of aromatic amines is 1. The molecule has 0 atom stereocenters.